The standard InChI is InChI=1S/C13H20N2O2S/c1-15-7-6-12(14)10-4-5-13-11(9-10)3-2-8-18(13,16)17/h4-5,9,12,15H,2-3,6-8,14H2,1H3. The molecular weight excluding hydrogens is 248 g/mol. The molecule has 1 aliphatic rings. The first-order chi connectivity index (χ1) is 8.54. The van der Waals surface area contributed by atoms with Crippen molar-refractivity contribution in [2.24, 2.45) is 5.73 Å². The summed E-state index contributed by atoms with van der Waals surface area (Å²) in [4.78, 5) is 0.498. The van der Waals surface area contributed by atoms with Gasteiger partial charge in [0, 0.05) is 6.04 Å². The SMILES string of the molecule is CNCCC(N)c1ccc2c(c1)CCCS2(=O)=O. The summed E-state index contributed by atoms with van der Waals surface area (Å²) in [6.07, 6.45) is 2.40. The molecule has 0 radical (unpaired) electrons. The highest BCUT2D eigenvalue weighted by Gasteiger charge is 2.23. The van der Waals surface area contributed by atoms with Gasteiger partial charge in [0.05, 0.1) is 10.6 Å². The van der Waals surface area contributed by atoms with E-state index in [1.807, 2.05) is 19.2 Å². The van der Waals surface area contributed by atoms with E-state index in [4.69, 9.17) is 5.73 Å². The first kappa shape index (κ1) is 13.5. The number of rotatable bonds is 4. The lowest BCUT2D eigenvalue weighted by Gasteiger charge is -2.19. The fourth-order valence-corrected chi connectivity index (χ4v) is 3.94. The number of sulfone groups is 1. The molecule has 1 aromatic carbocycles. The molecule has 0 aliphatic carbocycles. The van der Waals surface area contributed by atoms with Crippen LogP contribution < -0.4 is 11.1 Å². The summed E-state index contributed by atoms with van der Waals surface area (Å²) in [5.74, 6) is 0.269. The fourth-order valence-electron chi connectivity index (χ4n) is 2.36. The van der Waals surface area contributed by atoms with Gasteiger partial charge in [-0.25, -0.2) is 8.42 Å². The van der Waals surface area contributed by atoms with Gasteiger partial charge in [0.1, 0.15) is 0 Å². The summed E-state index contributed by atoms with van der Waals surface area (Å²) in [5, 5.41) is 3.07. The van der Waals surface area contributed by atoms with Crippen molar-refractivity contribution >= 4 is 9.84 Å². The highest BCUT2D eigenvalue weighted by atomic mass is 32.2. The van der Waals surface area contributed by atoms with Crippen LogP contribution in [0, 0.1) is 0 Å². The molecular formula is C13H20N2O2S. The van der Waals surface area contributed by atoms with Crippen LogP contribution in [-0.4, -0.2) is 27.8 Å². The van der Waals surface area contributed by atoms with Crippen molar-refractivity contribution in [1.29, 1.82) is 0 Å². The average Bonchev–Trinajstić information content (AvgIpc) is 2.35. The number of nitrogens with one attached hydrogen (secondary N) is 1. The topological polar surface area (TPSA) is 72.2 Å². The van der Waals surface area contributed by atoms with E-state index >= 15 is 0 Å². The number of hydrogen-bond acceptors (Lipinski definition) is 4. The maximum absolute atomic E-state index is 11.9. The fraction of sp³-hybridized carbons (Fsp3) is 0.538. The molecule has 2 rings (SSSR count). The van der Waals surface area contributed by atoms with Crippen LogP contribution in [0.25, 0.3) is 0 Å². The van der Waals surface area contributed by atoms with Crippen molar-refractivity contribution in [1.82, 2.24) is 5.32 Å². The van der Waals surface area contributed by atoms with Gasteiger partial charge in [0.15, 0.2) is 9.84 Å². The number of aryl methyl sites for hydroxylation is 1. The number of nitrogens with two attached hydrogens (primary N) is 1. The van der Waals surface area contributed by atoms with Gasteiger partial charge in [-0.15, -0.1) is 0 Å². The van der Waals surface area contributed by atoms with Crippen LogP contribution in [-0.2, 0) is 16.3 Å². The Kier molecular flexibility index (Phi) is 4.04. The lowest BCUT2D eigenvalue weighted by atomic mass is 10.00. The van der Waals surface area contributed by atoms with E-state index in [-0.39, 0.29) is 11.8 Å². The Hall–Kier alpha value is -0.910. The van der Waals surface area contributed by atoms with Crippen LogP contribution in [0.15, 0.2) is 23.1 Å². The first-order valence-electron chi connectivity index (χ1n) is 6.30. The Morgan fingerprint density at radius 3 is 2.94 bits per heavy atom. The van der Waals surface area contributed by atoms with Gasteiger partial charge >= 0.3 is 0 Å². The zero-order valence-corrected chi connectivity index (χ0v) is 11.5. The van der Waals surface area contributed by atoms with Crippen LogP contribution in [0.2, 0.25) is 0 Å². The quantitative estimate of drug-likeness (QED) is 0.855. The van der Waals surface area contributed by atoms with Gasteiger partial charge in [-0.05, 0) is 50.0 Å². The molecule has 1 atom stereocenters. The van der Waals surface area contributed by atoms with Crippen LogP contribution in [0.3, 0.4) is 0 Å². The summed E-state index contributed by atoms with van der Waals surface area (Å²) < 4.78 is 23.8. The summed E-state index contributed by atoms with van der Waals surface area (Å²) in [6, 6.07) is 5.50. The third-order valence-corrected chi connectivity index (χ3v) is 5.31. The Morgan fingerprint density at radius 2 is 2.22 bits per heavy atom. The minimum atomic E-state index is -3.05. The molecule has 0 amide bonds. The Balaban J connectivity index is 2.27. The molecule has 0 aromatic heterocycles. The predicted molar refractivity (Wildman–Crippen MR) is 72.3 cm³/mol. The van der Waals surface area contributed by atoms with E-state index in [0.29, 0.717) is 11.3 Å². The molecule has 3 N–H and O–H groups in total. The Bertz CT molecular complexity index is 526. The largest absolute Gasteiger partial charge is 0.324 e. The van der Waals surface area contributed by atoms with Crippen LogP contribution in [0.1, 0.15) is 30.0 Å². The first-order valence-corrected chi connectivity index (χ1v) is 7.95. The second-order valence-electron chi connectivity index (χ2n) is 4.79. The van der Waals surface area contributed by atoms with Crippen molar-refractivity contribution in [3.63, 3.8) is 0 Å². The van der Waals surface area contributed by atoms with Gasteiger partial charge in [-0.3, -0.25) is 0 Å². The van der Waals surface area contributed by atoms with E-state index in [0.717, 1.165) is 30.5 Å². The molecule has 18 heavy (non-hydrogen) atoms. The normalized spacial score (nSPS) is 19.2. The predicted octanol–water partition coefficient (Wildman–Crippen LogP) is 1.02. The molecule has 0 fully saturated rings. The van der Waals surface area contributed by atoms with Crippen molar-refractivity contribution in [2.45, 2.75) is 30.2 Å². The third-order valence-electron chi connectivity index (χ3n) is 3.41. The smallest absolute Gasteiger partial charge is 0.178 e. The molecule has 5 heteroatoms. The lowest BCUT2D eigenvalue weighted by Crippen LogP contribution is -2.20. The van der Waals surface area contributed by atoms with Crippen LogP contribution in [0.4, 0.5) is 0 Å². The van der Waals surface area contributed by atoms with Crippen LogP contribution >= 0.6 is 0 Å². The number of fused-ring (bicyclic) bond motifs is 1. The van der Waals surface area contributed by atoms with Gasteiger partial charge < -0.3 is 11.1 Å². The third kappa shape index (κ3) is 2.74. The summed E-state index contributed by atoms with van der Waals surface area (Å²) >= 11 is 0. The number of hydrogen-bond donors (Lipinski definition) is 2. The summed E-state index contributed by atoms with van der Waals surface area (Å²) in [7, 11) is -1.16. The lowest BCUT2D eigenvalue weighted by molar-refractivity contribution is 0.585. The minimum Gasteiger partial charge on any atom is -0.324 e. The van der Waals surface area contributed by atoms with Crippen molar-refractivity contribution < 1.29 is 8.42 Å². The van der Waals surface area contributed by atoms with Crippen molar-refractivity contribution in [3.05, 3.63) is 29.3 Å². The van der Waals surface area contributed by atoms with Gasteiger partial charge in [-0.2, -0.15) is 0 Å². The minimum absolute atomic E-state index is 0.0348. The van der Waals surface area contributed by atoms with E-state index in [9.17, 15) is 8.42 Å². The maximum Gasteiger partial charge on any atom is 0.178 e. The Labute approximate surface area is 108 Å². The van der Waals surface area contributed by atoms with E-state index in [1.165, 1.54) is 0 Å². The Morgan fingerprint density at radius 1 is 1.44 bits per heavy atom. The molecule has 1 aliphatic heterocycles. The zero-order valence-electron chi connectivity index (χ0n) is 10.6. The highest BCUT2D eigenvalue weighted by molar-refractivity contribution is 7.91. The van der Waals surface area contributed by atoms with Crippen molar-refractivity contribution in [2.75, 3.05) is 19.3 Å². The summed E-state index contributed by atoms with van der Waals surface area (Å²) in [6.45, 7) is 0.858. The van der Waals surface area contributed by atoms with Crippen LogP contribution in [0.5, 0.6) is 0 Å². The molecule has 100 valence electrons. The molecule has 1 heterocycles. The van der Waals surface area contributed by atoms with E-state index in [2.05, 4.69) is 5.32 Å². The van der Waals surface area contributed by atoms with E-state index < -0.39 is 9.84 Å². The molecule has 4 nitrogen and oxygen atoms in total. The van der Waals surface area contributed by atoms with E-state index in [1.54, 1.807) is 6.07 Å². The molecule has 0 bridgehead atoms. The number of benzene rings is 1. The zero-order chi connectivity index (χ0) is 13.2. The van der Waals surface area contributed by atoms with Gasteiger partial charge in [0.25, 0.3) is 0 Å². The molecule has 0 spiro atoms. The van der Waals surface area contributed by atoms with Gasteiger partial charge in [0.2, 0.25) is 0 Å². The second-order valence-corrected chi connectivity index (χ2v) is 6.87. The molecule has 1 unspecified atom stereocenters. The molecule has 0 saturated heterocycles. The molecule has 0 saturated carbocycles. The maximum atomic E-state index is 11.9. The monoisotopic (exact) mass is 268 g/mol. The van der Waals surface area contributed by atoms with Gasteiger partial charge in [-0.1, -0.05) is 12.1 Å². The van der Waals surface area contributed by atoms with Crippen molar-refractivity contribution in [3.8, 4) is 0 Å². The average molecular weight is 268 g/mol. The molecule has 1 aromatic rings. The summed E-state index contributed by atoms with van der Waals surface area (Å²) in [5.41, 5.74) is 8.05. The second kappa shape index (κ2) is 5.38. The highest BCUT2D eigenvalue weighted by Crippen LogP contribution is 2.27.